The van der Waals surface area contributed by atoms with Gasteiger partial charge < -0.3 is 10.6 Å². The van der Waals surface area contributed by atoms with E-state index >= 15 is 0 Å². The van der Waals surface area contributed by atoms with Crippen LogP contribution >= 0.6 is 0 Å². The highest BCUT2D eigenvalue weighted by molar-refractivity contribution is 7.92. The van der Waals surface area contributed by atoms with E-state index in [9.17, 15) is 13.2 Å². The number of hydrogen-bond acceptors (Lipinski definition) is 6. The number of aryl methyl sites for hydroxylation is 1. The van der Waals surface area contributed by atoms with Gasteiger partial charge in [0.15, 0.2) is 0 Å². The third kappa shape index (κ3) is 3.71. The van der Waals surface area contributed by atoms with Crippen LogP contribution in [0.4, 0.5) is 17.2 Å². The van der Waals surface area contributed by atoms with Crippen molar-refractivity contribution in [3.63, 3.8) is 0 Å². The number of fused-ring (bicyclic) bond motifs is 1. The summed E-state index contributed by atoms with van der Waals surface area (Å²) in [5.74, 6) is 0.0458. The first kappa shape index (κ1) is 20.4. The fourth-order valence-corrected chi connectivity index (χ4v) is 4.78. The highest BCUT2D eigenvalue weighted by Crippen LogP contribution is 2.31. The molecule has 1 amide bonds. The predicted octanol–water partition coefficient (Wildman–Crippen LogP) is 2.43. The third-order valence-electron chi connectivity index (χ3n) is 5.16. The minimum atomic E-state index is -3.93. The van der Waals surface area contributed by atoms with Gasteiger partial charge in [-0.15, -0.1) is 0 Å². The van der Waals surface area contributed by atoms with Crippen molar-refractivity contribution in [2.24, 2.45) is 0 Å². The van der Waals surface area contributed by atoms with Gasteiger partial charge in [0, 0.05) is 19.2 Å². The smallest absolute Gasteiger partial charge is 0.261 e. The Balaban J connectivity index is 1.70. The summed E-state index contributed by atoms with van der Waals surface area (Å²) in [6.45, 7) is 2.12. The highest BCUT2D eigenvalue weighted by Gasteiger charge is 2.24. The van der Waals surface area contributed by atoms with Gasteiger partial charge in [0.05, 0.1) is 22.5 Å². The fraction of sp³-hybridized carbons (Fsp3) is 0.190. The van der Waals surface area contributed by atoms with Gasteiger partial charge >= 0.3 is 0 Å². The summed E-state index contributed by atoms with van der Waals surface area (Å²) in [6, 6.07) is 13.4. The third-order valence-corrected chi connectivity index (χ3v) is 6.53. The minimum Gasteiger partial charge on any atom is -0.382 e. The number of carbonyl (C=O) groups excluding carboxylic acids is 1. The molecule has 4 rings (SSSR count). The molecule has 0 saturated carbocycles. The summed E-state index contributed by atoms with van der Waals surface area (Å²) < 4.78 is 30.2. The molecule has 0 radical (unpaired) electrons. The number of amides is 1. The molecule has 3 N–H and O–H groups in total. The van der Waals surface area contributed by atoms with Gasteiger partial charge in [-0.25, -0.2) is 13.1 Å². The van der Waals surface area contributed by atoms with Crippen molar-refractivity contribution in [1.82, 2.24) is 9.78 Å². The van der Waals surface area contributed by atoms with Crippen molar-refractivity contribution in [2.75, 3.05) is 21.9 Å². The summed E-state index contributed by atoms with van der Waals surface area (Å²) in [7, 11) is -3.93. The Morgan fingerprint density at radius 1 is 1.23 bits per heavy atom. The summed E-state index contributed by atoms with van der Waals surface area (Å²) in [6.07, 6.45) is 2.79. The number of hydrogen-bond donors (Lipinski definition) is 2. The van der Waals surface area contributed by atoms with E-state index in [1.54, 1.807) is 41.3 Å². The van der Waals surface area contributed by atoms with E-state index in [4.69, 9.17) is 11.0 Å². The van der Waals surface area contributed by atoms with Crippen molar-refractivity contribution in [3.05, 3.63) is 59.8 Å². The number of benzene rings is 2. The van der Waals surface area contributed by atoms with Crippen LogP contribution in [0.25, 0.3) is 5.69 Å². The average molecular weight is 436 g/mol. The maximum atomic E-state index is 13.1. The van der Waals surface area contributed by atoms with E-state index < -0.39 is 10.0 Å². The average Bonchev–Trinajstić information content (AvgIpc) is 3.13. The lowest BCUT2D eigenvalue weighted by Crippen LogP contribution is -2.33. The summed E-state index contributed by atoms with van der Waals surface area (Å²) in [5.41, 5.74) is 8.39. The molecule has 1 aromatic heterocycles. The van der Waals surface area contributed by atoms with Crippen LogP contribution in [0, 0.1) is 11.3 Å². The summed E-state index contributed by atoms with van der Waals surface area (Å²) in [4.78, 5) is 13.6. The molecule has 9 nitrogen and oxygen atoms in total. The number of nitrogens with zero attached hydrogens (tertiary/aromatic N) is 4. The lowest BCUT2D eigenvalue weighted by Gasteiger charge is -2.28. The van der Waals surface area contributed by atoms with Gasteiger partial charge in [-0.05, 0) is 48.7 Å². The molecule has 2 heterocycles. The van der Waals surface area contributed by atoms with Crippen molar-refractivity contribution >= 4 is 33.1 Å². The number of nitrogens with one attached hydrogen (secondary N) is 1. The second kappa shape index (κ2) is 7.77. The number of nitriles is 1. The minimum absolute atomic E-state index is 0.0721. The van der Waals surface area contributed by atoms with Crippen LogP contribution in [0.15, 0.2) is 53.6 Å². The van der Waals surface area contributed by atoms with Crippen LogP contribution in [0.5, 0.6) is 0 Å². The van der Waals surface area contributed by atoms with Crippen molar-refractivity contribution in [2.45, 2.75) is 24.7 Å². The number of rotatable bonds is 4. The van der Waals surface area contributed by atoms with E-state index in [0.717, 1.165) is 17.7 Å². The van der Waals surface area contributed by atoms with Gasteiger partial charge in [-0.1, -0.05) is 12.1 Å². The Morgan fingerprint density at radius 2 is 2.00 bits per heavy atom. The number of carbonyl (C=O) groups is 1. The van der Waals surface area contributed by atoms with Crippen LogP contribution in [0.2, 0.25) is 0 Å². The number of aromatic nitrogens is 2. The van der Waals surface area contributed by atoms with E-state index in [1.807, 2.05) is 6.07 Å². The van der Waals surface area contributed by atoms with Crippen LogP contribution < -0.4 is 15.4 Å². The Bertz CT molecular complexity index is 1320. The number of anilines is 3. The molecule has 0 atom stereocenters. The Labute approximate surface area is 179 Å². The Hall–Kier alpha value is -3.84. The van der Waals surface area contributed by atoms with Crippen molar-refractivity contribution < 1.29 is 13.2 Å². The monoisotopic (exact) mass is 436 g/mol. The SMILES string of the molecule is CC(=O)N1CCCc2cc(S(=O)(=O)Nc3ccccc3-n3ncc(C#N)c3N)ccc21. The fourth-order valence-electron chi connectivity index (χ4n) is 3.65. The molecule has 1 aliphatic heterocycles. The zero-order valence-electron chi connectivity index (χ0n) is 16.7. The van der Waals surface area contributed by atoms with E-state index in [-0.39, 0.29) is 27.9 Å². The Kier molecular flexibility index (Phi) is 5.12. The molecule has 158 valence electrons. The van der Waals surface area contributed by atoms with Gasteiger partial charge in [0.2, 0.25) is 5.91 Å². The normalized spacial score (nSPS) is 13.4. The maximum Gasteiger partial charge on any atom is 0.261 e. The predicted molar refractivity (Wildman–Crippen MR) is 116 cm³/mol. The largest absolute Gasteiger partial charge is 0.382 e. The zero-order valence-corrected chi connectivity index (χ0v) is 17.6. The van der Waals surface area contributed by atoms with Crippen LogP contribution in [-0.2, 0) is 21.2 Å². The first-order chi connectivity index (χ1) is 14.8. The molecule has 0 unspecified atom stereocenters. The second-order valence-corrected chi connectivity index (χ2v) is 8.84. The molecule has 31 heavy (non-hydrogen) atoms. The quantitative estimate of drug-likeness (QED) is 0.645. The van der Waals surface area contributed by atoms with E-state index in [0.29, 0.717) is 18.7 Å². The molecule has 2 aromatic carbocycles. The zero-order chi connectivity index (χ0) is 22.2. The lowest BCUT2D eigenvalue weighted by atomic mass is 10.0. The molecule has 0 saturated heterocycles. The number of nitrogens with two attached hydrogens (primary N) is 1. The first-order valence-electron chi connectivity index (χ1n) is 9.58. The Morgan fingerprint density at radius 3 is 2.71 bits per heavy atom. The second-order valence-electron chi connectivity index (χ2n) is 7.15. The summed E-state index contributed by atoms with van der Waals surface area (Å²) in [5, 5.41) is 13.2. The number of sulfonamides is 1. The topological polar surface area (TPSA) is 134 Å². The van der Waals surface area contributed by atoms with Gasteiger partial charge in [-0.3, -0.25) is 9.52 Å². The molecule has 3 aromatic rings. The van der Waals surface area contributed by atoms with E-state index in [2.05, 4.69) is 9.82 Å². The lowest BCUT2D eigenvalue weighted by molar-refractivity contribution is -0.116. The highest BCUT2D eigenvalue weighted by atomic mass is 32.2. The molecule has 0 spiro atoms. The maximum absolute atomic E-state index is 13.1. The van der Waals surface area contributed by atoms with Gasteiger partial charge in [-0.2, -0.15) is 10.4 Å². The van der Waals surface area contributed by atoms with Gasteiger partial charge in [0.25, 0.3) is 10.0 Å². The van der Waals surface area contributed by atoms with Crippen molar-refractivity contribution in [1.29, 1.82) is 5.26 Å². The number of nitrogen functional groups attached to an aromatic ring is 1. The summed E-state index contributed by atoms with van der Waals surface area (Å²) >= 11 is 0. The molecular weight excluding hydrogens is 416 g/mol. The number of para-hydroxylation sites is 2. The van der Waals surface area contributed by atoms with Crippen LogP contribution in [0.3, 0.4) is 0 Å². The first-order valence-corrected chi connectivity index (χ1v) is 11.1. The van der Waals surface area contributed by atoms with Crippen LogP contribution in [-0.4, -0.2) is 30.7 Å². The molecule has 10 heteroatoms. The van der Waals surface area contributed by atoms with Crippen LogP contribution in [0.1, 0.15) is 24.5 Å². The molecule has 0 fully saturated rings. The molecule has 0 aliphatic carbocycles. The standard InChI is InChI=1S/C21H20N6O3S/c1-14(28)26-10-4-5-15-11-17(8-9-19(15)26)31(29,30)25-18-6-2-3-7-20(18)27-21(23)16(12-22)13-24-27/h2-3,6-9,11,13,25H,4-5,10,23H2,1H3. The van der Waals surface area contributed by atoms with Gasteiger partial charge in [0.1, 0.15) is 17.5 Å². The van der Waals surface area contributed by atoms with E-state index in [1.165, 1.54) is 23.9 Å². The molecule has 1 aliphatic rings. The van der Waals surface area contributed by atoms with Crippen molar-refractivity contribution in [3.8, 4) is 11.8 Å². The molecular formula is C21H20N6O3S. The molecule has 0 bridgehead atoms.